The van der Waals surface area contributed by atoms with Gasteiger partial charge in [-0.15, -0.1) is 0 Å². The number of nitrogens with zero attached hydrogens (tertiary/aromatic N) is 2. The van der Waals surface area contributed by atoms with Crippen LogP contribution in [-0.4, -0.2) is 37.5 Å². The third-order valence-electron chi connectivity index (χ3n) is 4.53. The van der Waals surface area contributed by atoms with Crippen molar-refractivity contribution in [2.45, 2.75) is 19.3 Å². The normalized spacial score (nSPS) is 17.4. The van der Waals surface area contributed by atoms with Gasteiger partial charge in [0, 0.05) is 45.2 Å². The first kappa shape index (κ1) is 15.7. The molecule has 1 unspecified atom stereocenters. The van der Waals surface area contributed by atoms with Crippen molar-refractivity contribution in [1.29, 1.82) is 0 Å². The second-order valence-corrected chi connectivity index (χ2v) is 6.29. The first-order chi connectivity index (χ1) is 11.2. The lowest BCUT2D eigenvalue weighted by Gasteiger charge is -2.22. The molecule has 1 amide bonds. The summed E-state index contributed by atoms with van der Waals surface area (Å²) < 4.78 is 5.28. The first-order valence-corrected chi connectivity index (χ1v) is 8.28. The molecule has 2 aromatic rings. The number of rotatable bonds is 6. The van der Waals surface area contributed by atoms with Crippen molar-refractivity contribution < 1.29 is 9.21 Å². The van der Waals surface area contributed by atoms with Crippen LogP contribution in [0, 0.1) is 5.92 Å². The number of hydrogen-bond donors (Lipinski definition) is 0. The van der Waals surface area contributed by atoms with Crippen LogP contribution in [-0.2, 0) is 11.2 Å². The number of aryl methyl sites for hydroxylation is 1. The molecule has 122 valence electrons. The van der Waals surface area contributed by atoms with Gasteiger partial charge in [0.25, 0.3) is 0 Å². The molecule has 0 radical (unpaired) electrons. The van der Waals surface area contributed by atoms with Crippen LogP contribution in [0.1, 0.15) is 18.6 Å². The number of furan rings is 1. The minimum atomic E-state index is 0.194. The molecule has 3 rings (SSSR count). The molecule has 0 bridgehead atoms. The standard InChI is InChI=1S/C19H24N2O2/c1-20(19(22)10-9-18-8-5-13-23-18)14-16-11-12-21(15-16)17-6-3-2-4-7-17/h2-8,13,16H,9-12,14-15H2,1H3. The van der Waals surface area contributed by atoms with Crippen LogP contribution in [0.4, 0.5) is 5.69 Å². The van der Waals surface area contributed by atoms with Crippen LogP contribution < -0.4 is 4.90 Å². The molecule has 0 spiro atoms. The van der Waals surface area contributed by atoms with E-state index in [9.17, 15) is 4.79 Å². The van der Waals surface area contributed by atoms with Gasteiger partial charge < -0.3 is 14.2 Å². The summed E-state index contributed by atoms with van der Waals surface area (Å²) in [6, 6.07) is 14.3. The van der Waals surface area contributed by atoms with Gasteiger partial charge in [-0.1, -0.05) is 18.2 Å². The molecule has 1 saturated heterocycles. The fourth-order valence-corrected chi connectivity index (χ4v) is 3.22. The maximum atomic E-state index is 12.2. The van der Waals surface area contributed by atoms with Gasteiger partial charge in [-0.25, -0.2) is 0 Å². The zero-order valence-electron chi connectivity index (χ0n) is 13.6. The molecule has 0 aliphatic carbocycles. The number of hydrogen-bond acceptors (Lipinski definition) is 3. The van der Waals surface area contributed by atoms with E-state index < -0.39 is 0 Å². The predicted octanol–water partition coefficient (Wildman–Crippen LogP) is 3.20. The van der Waals surface area contributed by atoms with Crippen molar-refractivity contribution >= 4 is 11.6 Å². The van der Waals surface area contributed by atoms with E-state index in [1.165, 1.54) is 5.69 Å². The Morgan fingerprint density at radius 2 is 2.09 bits per heavy atom. The Morgan fingerprint density at radius 1 is 1.26 bits per heavy atom. The highest BCUT2D eigenvalue weighted by Crippen LogP contribution is 2.24. The van der Waals surface area contributed by atoms with Crippen molar-refractivity contribution in [3.63, 3.8) is 0 Å². The van der Waals surface area contributed by atoms with E-state index >= 15 is 0 Å². The van der Waals surface area contributed by atoms with Gasteiger partial charge in [0.1, 0.15) is 5.76 Å². The summed E-state index contributed by atoms with van der Waals surface area (Å²) >= 11 is 0. The van der Waals surface area contributed by atoms with Gasteiger partial charge in [0.15, 0.2) is 0 Å². The smallest absolute Gasteiger partial charge is 0.222 e. The topological polar surface area (TPSA) is 36.7 Å². The molecule has 1 aromatic heterocycles. The third-order valence-corrected chi connectivity index (χ3v) is 4.53. The molecule has 1 aromatic carbocycles. The van der Waals surface area contributed by atoms with Crippen LogP contribution in [0.2, 0.25) is 0 Å². The molecular formula is C19H24N2O2. The number of carbonyl (C=O) groups excluding carboxylic acids is 1. The van der Waals surface area contributed by atoms with E-state index in [4.69, 9.17) is 4.42 Å². The minimum Gasteiger partial charge on any atom is -0.469 e. The summed E-state index contributed by atoms with van der Waals surface area (Å²) in [5.74, 6) is 1.62. The molecule has 1 fully saturated rings. The van der Waals surface area contributed by atoms with Gasteiger partial charge in [0.05, 0.1) is 6.26 Å². The van der Waals surface area contributed by atoms with E-state index in [1.54, 1.807) is 6.26 Å². The fourth-order valence-electron chi connectivity index (χ4n) is 3.22. The molecular weight excluding hydrogens is 288 g/mol. The predicted molar refractivity (Wildman–Crippen MR) is 91.4 cm³/mol. The number of amides is 1. The summed E-state index contributed by atoms with van der Waals surface area (Å²) in [7, 11) is 1.91. The lowest BCUT2D eigenvalue weighted by Crippen LogP contribution is -2.33. The molecule has 1 atom stereocenters. The lowest BCUT2D eigenvalue weighted by atomic mass is 10.1. The summed E-state index contributed by atoms with van der Waals surface area (Å²) in [6.45, 7) is 2.93. The van der Waals surface area contributed by atoms with Gasteiger partial charge in [-0.3, -0.25) is 4.79 Å². The van der Waals surface area contributed by atoms with E-state index in [0.29, 0.717) is 18.8 Å². The molecule has 0 saturated carbocycles. The van der Waals surface area contributed by atoms with E-state index in [-0.39, 0.29) is 5.91 Å². The van der Waals surface area contributed by atoms with Crippen molar-refractivity contribution in [3.05, 3.63) is 54.5 Å². The van der Waals surface area contributed by atoms with E-state index in [1.807, 2.05) is 30.1 Å². The highest BCUT2D eigenvalue weighted by molar-refractivity contribution is 5.76. The van der Waals surface area contributed by atoms with Gasteiger partial charge in [0.2, 0.25) is 5.91 Å². The van der Waals surface area contributed by atoms with Crippen molar-refractivity contribution in [3.8, 4) is 0 Å². The highest BCUT2D eigenvalue weighted by atomic mass is 16.3. The van der Waals surface area contributed by atoms with Crippen molar-refractivity contribution in [2.24, 2.45) is 5.92 Å². The number of para-hydroxylation sites is 1. The lowest BCUT2D eigenvalue weighted by molar-refractivity contribution is -0.130. The van der Waals surface area contributed by atoms with Crippen LogP contribution in [0.5, 0.6) is 0 Å². The minimum absolute atomic E-state index is 0.194. The molecule has 4 nitrogen and oxygen atoms in total. The summed E-state index contributed by atoms with van der Waals surface area (Å²) in [4.78, 5) is 16.5. The summed E-state index contributed by atoms with van der Waals surface area (Å²) in [5.41, 5.74) is 1.28. The van der Waals surface area contributed by atoms with Gasteiger partial charge in [-0.05, 0) is 36.6 Å². The molecule has 2 heterocycles. The Balaban J connectivity index is 1.45. The van der Waals surface area contributed by atoms with Crippen LogP contribution >= 0.6 is 0 Å². The molecule has 0 N–H and O–H groups in total. The molecule has 1 aliphatic rings. The maximum Gasteiger partial charge on any atom is 0.222 e. The zero-order valence-corrected chi connectivity index (χ0v) is 13.6. The Hall–Kier alpha value is -2.23. The SMILES string of the molecule is CN(CC1CCN(c2ccccc2)C1)C(=O)CCc1ccco1. The van der Waals surface area contributed by atoms with E-state index in [2.05, 4.69) is 29.2 Å². The average Bonchev–Trinajstić information content (AvgIpc) is 3.25. The third kappa shape index (κ3) is 4.15. The second kappa shape index (κ2) is 7.36. The van der Waals surface area contributed by atoms with Crippen molar-refractivity contribution in [2.75, 3.05) is 31.6 Å². The summed E-state index contributed by atoms with van der Waals surface area (Å²) in [5, 5.41) is 0. The van der Waals surface area contributed by atoms with Crippen LogP contribution in [0.15, 0.2) is 53.1 Å². The molecule has 4 heteroatoms. The Morgan fingerprint density at radius 3 is 2.83 bits per heavy atom. The number of benzene rings is 1. The van der Waals surface area contributed by atoms with Gasteiger partial charge in [-0.2, -0.15) is 0 Å². The molecule has 23 heavy (non-hydrogen) atoms. The first-order valence-electron chi connectivity index (χ1n) is 8.28. The molecule has 1 aliphatic heterocycles. The quantitative estimate of drug-likeness (QED) is 0.822. The Labute approximate surface area is 137 Å². The summed E-state index contributed by atoms with van der Waals surface area (Å²) in [6.07, 6.45) is 3.99. The largest absolute Gasteiger partial charge is 0.469 e. The zero-order chi connectivity index (χ0) is 16.1. The number of carbonyl (C=O) groups is 1. The van der Waals surface area contributed by atoms with Crippen LogP contribution in [0.3, 0.4) is 0 Å². The fraction of sp³-hybridized carbons (Fsp3) is 0.421. The highest BCUT2D eigenvalue weighted by Gasteiger charge is 2.25. The number of anilines is 1. The monoisotopic (exact) mass is 312 g/mol. The van der Waals surface area contributed by atoms with E-state index in [0.717, 1.165) is 31.8 Å². The Bertz CT molecular complexity index is 610. The maximum absolute atomic E-state index is 12.2. The van der Waals surface area contributed by atoms with Crippen LogP contribution in [0.25, 0.3) is 0 Å². The second-order valence-electron chi connectivity index (χ2n) is 6.29. The average molecular weight is 312 g/mol. The van der Waals surface area contributed by atoms with Gasteiger partial charge >= 0.3 is 0 Å². The van der Waals surface area contributed by atoms with Crippen molar-refractivity contribution in [1.82, 2.24) is 4.90 Å². The Kier molecular flexibility index (Phi) is 5.01.